The zero-order valence-corrected chi connectivity index (χ0v) is 22.0. The van der Waals surface area contributed by atoms with Gasteiger partial charge in [0.25, 0.3) is 11.8 Å². The van der Waals surface area contributed by atoms with E-state index in [-0.39, 0.29) is 35.4 Å². The number of thiazole rings is 1. The fraction of sp³-hybridized carbons (Fsp3) is 0.261. The van der Waals surface area contributed by atoms with Crippen molar-refractivity contribution >= 4 is 51.7 Å². The largest absolute Gasteiger partial charge is 0.543 e. The molecule has 1 saturated heterocycles. The number of oxime groups is 1. The Labute approximate surface area is 229 Å². The molecule has 3 aromatic rings. The van der Waals surface area contributed by atoms with Gasteiger partial charge in [-0.25, -0.2) is 9.55 Å². The average Bonchev–Trinajstić information content (AvgIpc) is 3.59. The van der Waals surface area contributed by atoms with Crippen molar-refractivity contribution < 1.29 is 34.0 Å². The summed E-state index contributed by atoms with van der Waals surface area (Å²) in [5.74, 6) is -2.48. The smallest absolute Gasteiger partial charge is 0.276 e. The second-order valence-electron chi connectivity index (χ2n) is 8.50. The number of carboxylic acids is 1. The fourth-order valence-electron chi connectivity index (χ4n) is 4.28. The van der Waals surface area contributed by atoms with E-state index in [2.05, 4.69) is 25.7 Å². The third kappa shape index (κ3) is 5.08. The van der Waals surface area contributed by atoms with Gasteiger partial charge in [0.1, 0.15) is 24.2 Å². The molecule has 2 aliphatic heterocycles. The Kier molecular flexibility index (Phi) is 7.32. The number of nitrogens with two attached hydrogens (primary N) is 1. The van der Waals surface area contributed by atoms with E-state index < -0.39 is 29.2 Å². The van der Waals surface area contributed by atoms with Crippen LogP contribution in [0.3, 0.4) is 0 Å². The number of nitrogens with zero attached hydrogens (tertiary/aromatic N) is 5. The lowest BCUT2D eigenvalue weighted by Gasteiger charge is -2.50. The molecule has 1 fully saturated rings. The van der Waals surface area contributed by atoms with Gasteiger partial charge < -0.3 is 30.9 Å². The highest BCUT2D eigenvalue weighted by Gasteiger charge is 2.53. The van der Waals surface area contributed by atoms with Gasteiger partial charge in [-0.3, -0.25) is 19.6 Å². The molecule has 14 nitrogen and oxygen atoms in total. The molecule has 3 aromatic heterocycles. The van der Waals surface area contributed by atoms with E-state index in [0.717, 1.165) is 21.8 Å². The number of carbonyl (C=O) groups excluding carboxylic acids is 3. The standard InChI is InChI=1S/C23H22N8O6S2/c1-37-29-16(15-10-39-23(24)25-15)19(33)26-17-20(34)31-18(22(35)36)12(9-38-21(17)31)7-30-4-2-3-11(6-30)14-5-13(8-32)27-28-14/h2-6,10,17,21,32H,7-9H2,1H3,(H4-,24,25,26,27,28,33,35,36)/b29-16-/t17-,21-/m1/s1. The minimum absolute atomic E-state index is 0.159. The van der Waals surface area contributed by atoms with Crippen molar-refractivity contribution in [1.82, 2.24) is 25.4 Å². The molecule has 0 radical (unpaired) electrons. The first-order chi connectivity index (χ1) is 18.8. The predicted octanol–water partition coefficient (Wildman–Crippen LogP) is -1.65. The van der Waals surface area contributed by atoms with Gasteiger partial charge in [0.05, 0.1) is 35.2 Å². The molecule has 0 aliphatic carbocycles. The number of nitrogen functional groups attached to an aromatic ring is 1. The third-order valence-corrected chi connectivity index (χ3v) is 8.03. The number of aliphatic carboxylic acids is 1. The monoisotopic (exact) mass is 570 g/mol. The second kappa shape index (κ2) is 10.8. The molecule has 0 spiro atoms. The van der Waals surface area contributed by atoms with Crippen molar-refractivity contribution in [3.8, 4) is 11.3 Å². The number of aromatic nitrogens is 4. The zero-order chi connectivity index (χ0) is 27.7. The van der Waals surface area contributed by atoms with Crippen molar-refractivity contribution in [2.45, 2.75) is 24.6 Å². The minimum Gasteiger partial charge on any atom is -0.543 e. The van der Waals surface area contributed by atoms with Crippen LogP contribution in [-0.4, -0.2) is 73.0 Å². The van der Waals surface area contributed by atoms with Crippen molar-refractivity contribution in [1.29, 1.82) is 0 Å². The molecule has 0 saturated carbocycles. The second-order valence-corrected chi connectivity index (χ2v) is 10.5. The maximum Gasteiger partial charge on any atom is 0.276 e. The Morgan fingerprint density at radius 2 is 2.28 bits per heavy atom. The number of nitrogens with one attached hydrogen (secondary N) is 2. The normalized spacial score (nSPS) is 19.0. The molecular weight excluding hydrogens is 548 g/mol. The van der Waals surface area contributed by atoms with Crippen LogP contribution in [0.2, 0.25) is 0 Å². The van der Waals surface area contributed by atoms with E-state index in [9.17, 15) is 24.6 Å². The van der Waals surface area contributed by atoms with Crippen LogP contribution in [0.1, 0.15) is 11.4 Å². The number of aromatic amines is 1. The molecule has 5 N–H and O–H groups in total. The number of thioether (sulfide) groups is 1. The van der Waals surface area contributed by atoms with Crippen molar-refractivity contribution in [2.24, 2.45) is 5.16 Å². The lowest BCUT2D eigenvalue weighted by atomic mass is 10.0. The average molecular weight is 571 g/mol. The number of pyridine rings is 1. The number of aliphatic hydroxyl groups excluding tert-OH is 1. The first-order valence-corrected chi connectivity index (χ1v) is 13.4. The number of aliphatic hydroxyl groups is 1. The van der Waals surface area contributed by atoms with Gasteiger partial charge in [-0.15, -0.1) is 23.1 Å². The summed E-state index contributed by atoms with van der Waals surface area (Å²) in [6.45, 7) is 0.0102. The molecule has 0 bridgehead atoms. The van der Waals surface area contributed by atoms with Crippen LogP contribution in [0.25, 0.3) is 11.3 Å². The lowest BCUT2D eigenvalue weighted by Crippen LogP contribution is -2.71. The molecule has 39 heavy (non-hydrogen) atoms. The molecule has 0 aromatic carbocycles. The van der Waals surface area contributed by atoms with Gasteiger partial charge in [-0.05, 0) is 12.1 Å². The van der Waals surface area contributed by atoms with Crippen LogP contribution in [0.5, 0.6) is 0 Å². The number of amides is 2. The van der Waals surface area contributed by atoms with Gasteiger partial charge >= 0.3 is 0 Å². The molecule has 2 atom stereocenters. The number of fused-ring (bicyclic) bond motifs is 1. The summed E-state index contributed by atoms with van der Waals surface area (Å²) >= 11 is 2.44. The summed E-state index contributed by atoms with van der Waals surface area (Å²) in [5.41, 5.74) is 7.88. The molecule has 5 rings (SSSR count). The topological polar surface area (TPSA) is 203 Å². The molecule has 16 heteroatoms. The Hall–Kier alpha value is -4.28. The number of H-pyrrole nitrogens is 1. The molecule has 202 valence electrons. The van der Waals surface area contributed by atoms with Crippen molar-refractivity contribution in [3.05, 3.63) is 58.6 Å². The molecule has 5 heterocycles. The van der Waals surface area contributed by atoms with E-state index in [4.69, 9.17) is 10.6 Å². The maximum atomic E-state index is 13.1. The Morgan fingerprint density at radius 1 is 1.46 bits per heavy atom. The van der Waals surface area contributed by atoms with Crippen LogP contribution in [0.4, 0.5) is 5.13 Å². The third-order valence-electron chi connectivity index (χ3n) is 6.02. The molecular formula is C23H22N8O6S2. The highest BCUT2D eigenvalue weighted by molar-refractivity contribution is 8.00. The van der Waals surface area contributed by atoms with E-state index >= 15 is 0 Å². The van der Waals surface area contributed by atoms with Crippen molar-refractivity contribution in [2.75, 3.05) is 18.6 Å². The van der Waals surface area contributed by atoms with Crippen LogP contribution in [0, 0.1) is 0 Å². The highest BCUT2D eigenvalue weighted by Crippen LogP contribution is 2.40. The first kappa shape index (κ1) is 26.3. The highest BCUT2D eigenvalue weighted by atomic mass is 32.2. The Morgan fingerprint density at radius 3 is 2.95 bits per heavy atom. The number of hydrogen-bond acceptors (Lipinski definition) is 12. The van der Waals surface area contributed by atoms with Crippen LogP contribution < -0.4 is 20.7 Å². The van der Waals surface area contributed by atoms with E-state index in [1.54, 1.807) is 29.1 Å². The van der Waals surface area contributed by atoms with Crippen molar-refractivity contribution in [3.63, 3.8) is 0 Å². The van der Waals surface area contributed by atoms with Crippen LogP contribution in [-0.2, 0) is 32.4 Å². The molecule has 0 unspecified atom stereocenters. The van der Waals surface area contributed by atoms with E-state index in [0.29, 0.717) is 22.7 Å². The molecule has 2 aliphatic rings. The van der Waals surface area contributed by atoms with Crippen LogP contribution >= 0.6 is 23.1 Å². The summed E-state index contributed by atoms with van der Waals surface area (Å²) < 4.78 is 1.78. The fourth-order valence-corrected chi connectivity index (χ4v) is 6.16. The van der Waals surface area contributed by atoms with Gasteiger partial charge in [0, 0.05) is 22.8 Å². The van der Waals surface area contributed by atoms with Crippen LogP contribution in [0.15, 0.2) is 52.4 Å². The van der Waals surface area contributed by atoms with Gasteiger partial charge in [0.2, 0.25) is 0 Å². The Balaban J connectivity index is 1.34. The Bertz CT molecular complexity index is 1520. The SMILES string of the molecule is CO/N=C(\C(=O)N[C@@H]1C(=O)N2C(C(=O)[O-])=C(C[n+]3cccc(-c4cc(CO)[nH]n4)c3)CS[C@H]12)c1csc(N)n1. The lowest BCUT2D eigenvalue weighted by molar-refractivity contribution is -0.688. The number of β-lactam (4-membered cyclic amide) rings is 1. The number of carboxylic acid groups (broad SMARTS) is 1. The van der Waals surface area contributed by atoms with Gasteiger partial charge in [-0.1, -0.05) is 5.16 Å². The predicted molar refractivity (Wildman–Crippen MR) is 137 cm³/mol. The summed E-state index contributed by atoms with van der Waals surface area (Å²) in [6, 6.07) is 4.36. The number of anilines is 1. The maximum absolute atomic E-state index is 13.1. The quantitative estimate of drug-likeness (QED) is 0.0999. The summed E-state index contributed by atoms with van der Waals surface area (Å²) in [4.78, 5) is 48.1. The minimum atomic E-state index is -1.48. The van der Waals surface area contributed by atoms with E-state index in [1.165, 1.54) is 24.3 Å². The zero-order valence-electron chi connectivity index (χ0n) is 20.4. The van der Waals surface area contributed by atoms with Gasteiger partial charge in [-0.2, -0.15) is 5.10 Å². The summed E-state index contributed by atoms with van der Waals surface area (Å²) in [6.07, 6.45) is 3.56. The number of hydrogen-bond donors (Lipinski definition) is 4. The number of carbonyl (C=O) groups is 3. The molecule has 2 amide bonds. The summed E-state index contributed by atoms with van der Waals surface area (Å²) in [7, 11) is 1.27. The number of rotatable bonds is 9. The first-order valence-electron chi connectivity index (χ1n) is 11.5. The van der Waals surface area contributed by atoms with Gasteiger partial charge in [0.15, 0.2) is 29.8 Å². The van der Waals surface area contributed by atoms with E-state index in [1.807, 2.05) is 6.07 Å². The summed E-state index contributed by atoms with van der Waals surface area (Å²) in [5, 5.41) is 35.8.